The van der Waals surface area contributed by atoms with Crippen molar-refractivity contribution in [1.29, 1.82) is 0 Å². The molecule has 3 nitrogen and oxygen atoms in total. The minimum Gasteiger partial charge on any atom is -0.324 e. The first-order valence-electron chi connectivity index (χ1n) is 6.25. The Morgan fingerprint density at radius 2 is 2.06 bits per heavy atom. The SMILES string of the molecule is CCCC(N)C(=O)Nc1c(C)cccc1CC.Cl. The van der Waals surface area contributed by atoms with Gasteiger partial charge < -0.3 is 11.1 Å². The Hall–Kier alpha value is -1.06. The summed E-state index contributed by atoms with van der Waals surface area (Å²) < 4.78 is 0. The Morgan fingerprint density at radius 3 is 2.61 bits per heavy atom. The zero-order chi connectivity index (χ0) is 12.8. The number of aryl methyl sites for hydroxylation is 2. The van der Waals surface area contributed by atoms with Gasteiger partial charge in [0.15, 0.2) is 0 Å². The number of carbonyl (C=O) groups excluding carboxylic acids is 1. The molecule has 0 aromatic heterocycles. The van der Waals surface area contributed by atoms with Gasteiger partial charge in [-0.1, -0.05) is 38.5 Å². The number of hydrogen-bond donors (Lipinski definition) is 2. The van der Waals surface area contributed by atoms with Crippen LogP contribution in [0.15, 0.2) is 18.2 Å². The molecule has 102 valence electrons. The summed E-state index contributed by atoms with van der Waals surface area (Å²) in [6.07, 6.45) is 2.54. The van der Waals surface area contributed by atoms with Crippen molar-refractivity contribution >= 4 is 24.0 Å². The fourth-order valence-corrected chi connectivity index (χ4v) is 1.86. The smallest absolute Gasteiger partial charge is 0.241 e. The summed E-state index contributed by atoms with van der Waals surface area (Å²) in [5.41, 5.74) is 8.97. The lowest BCUT2D eigenvalue weighted by Gasteiger charge is -2.16. The molecule has 0 spiro atoms. The minimum atomic E-state index is -0.413. The maximum absolute atomic E-state index is 11.9. The molecule has 0 saturated carbocycles. The molecule has 0 aliphatic heterocycles. The number of amides is 1. The molecule has 1 unspecified atom stereocenters. The van der Waals surface area contributed by atoms with Crippen molar-refractivity contribution in [2.24, 2.45) is 5.73 Å². The van der Waals surface area contributed by atoms with Gasteiger partial charge in [0.05, 0.1) is 6.04 Å². The number of halogens is 1. The van der Waals surface area contributed by atoms with Crippen LogP contribution in [-0.2, 0) is 11.2 Å². The van der Waals surface area contributed by atoms with Crippen LogP contribution in [0, 0.1) is 6.92 Å². The maximum Gasteiger partial charge on any atom is 0.241 e. The van der Waals surface area contributed by atoms with E-state index in [0.29, 0.717) is 0 Å². The number of nitrogens with two attached hydrogens (primary N) is 1. The van der Waals surface area contributed by atoms with Gasteiger partial charge in [0.25, 0.3) is 0 Å². The molecule has 0 radical (unpaired) electrons. The van der Waals surface area contributed by atoms with Crippen LogP contribution >= 0.6 is 12.4 Å². The molecule has 18 heavy (non-hydrogen) atoms. The van der Waals surface area contributed by atoms with E-state index in [1.54, 1.807) is 0 Å². The number of para-hydroxylation sites is 1. The van der Waals surface area contributed by atoms with E-state index in [2.05, 4.69) is 12.2 Å². The van der Waals surface area contributed by atoms with Gasteiger partial charge in [0.1, 0.15) is 0 Å². The molecule has 0 aliphatic carbocycles. The molecular weight excluding hydrogens is 248 g/mol. The lowest BCUT2D eigenvalue weighted by Crippen LogP contribution is -2.35. The predicted octanol–water partition coefficient (Wildman–Crippen LogP) is 3.05. The summed E-state index contributed by atoms with van der Waals surface area (Å²) in [5, 5.41) is 2.95. The van der Waals surface area contributed by atoms with E-state index in [4.69, 9.17) is 5.73 Å². The van der Waals surface area contributed by atoms with Crippen molar-refractivity contribution < 1.29 is 4.79 Å². The maximum atomic E-state index is 11.9. The zero-order valence-corrected chi connectivity index (χ0v) is 12.1. The van der Waals surface area contributed by atoms with Gasteiger partial charge in [-0.15, -0.1) is 12.4 Å². The monoisotopic (exact) mass is 270 g/mol. The van der Waals surface area contributed by atoms with Gasteiger partial charge in [-0.3, -0.25) is 4.79 Å². The summed E-state index contributed by atoms with van der Waals surface area (Å²) in [7, 11) is 0. The fourth-order valence-electron chi connectivity index (χ4n) is 1.86. The quantitative estimate of drug-likeness (QED) is 0.864. The summed E-state index contributed by atoms with van der Waals surface area (Å²) in [6, 6.07) is 5.63. The van der Waals surface area contributed by atoms with Crippen LogP contribution in [0.1, 0.15) is 37.8 Å². The fraction of sp³-hybridized carbons (Fsp3) is 0.500. The number of rotatable bonds is 5. The van der Waals surface area contributed by atoms with Crippen LogP contribution in [0.25, 0.3) is 0 Å². The molecule has 0 saturated heterocycles. The second-order valence-corrected chi connectivity index (χ2v) is 4.35. The van der Waals surface area contributed by atoms with Crippen molar-refractivity contribution in [3.63, 3.8) is 0 Å². The summed E-state index contributed by atoms with van der Waals surface area (Å²) in [6.45, 7) is 6.11. The first kappa shape index (κ1) is 16.9. The van der Waals surface area contributed by atoms with Crippen LogP contribution < -0.4 is 11.1 Å². The molecule has 1 atom stereocenters. The molecule has 1 aromatic carbocycles. The Balaban J connectivity index is 0.00000289. The average Bonchev–Trinajstić information content (AvgIpc) is 2.31. The number of hydrogen-bond acceptors (Lipinski definition) is 2. The molecule has 0 bridgehead atoms. The van der Waals surface area contributed by atoms with E-state index in [9.17, 15) is 4.79 Å². The molecule has 0 fully saturated rings. The van der Waals surface area contributed by atoms with Gasteiger partial charge in [-0.2, -0.15) is 0 Å². The van der Waals surface area contributed by atoms with Crippen molar-refractivity contribution in [3.05, 3.63) is 29.3 Å². The van der Waals surface area contributed by atoms with Gasteiger partial charge in [-0.05, 0) is 30.9 Å². The summed E-state index contributed by atoms with van der Waals surface area (Å²) >= 11 is 0. The largest absolute Gasteiger partial charge is 0.324 e. The van der Waals surface area contributed by atoms with E-state index in [-0.39, 0.29) is 18.3 Å². The standard InChI is InChI=1S/C14H22N2O.ClH/c1-4-7-12(15)14(17)16-13-10(3)8-6-9-11(13)5-2;/h6,8-9,12H,4-5,7,15H2,1-3H3,(H,16,17);1H. The van der Waals surface area contributed by atoms with Crippen LogP contribution in [0.5, 0.6) is 0 Å². The molecule has 1 amide bonds. The van der Waals surface area contributed by atoms with Crippen LogP contribution in [0.2, 0.25) is 0 Å². The van der Waals surface area contributed by atoms with Crippen molar-refractivity contribution in [1.82, 2.24) is 0 Å². The predicted molar refractivity (Wildman–Crippen MR) is 79.3 cm³/mol. The van der Waals surface area contributed by atoms with Crippen molar-refractivity contribution in [2.45, 2.75) is 46.1 Å². The van der Waals surface area contributed by atoms with E-state index in [0.717, 1.165) is 36.1 Å². The molecule has 1 aromatic rings. The van der Waals surface area contributed by atoms with Crippen LogP contribution in [0.4, 0.5) is 5.69 Å². The minimum absolute atomic E-state index is 0. The molecule has 3 N–H and O–H groups in total. The van der Waals surface area contributed by atoms with Gasteiger partial charge >= 0.3 is 0 Å². The number of nitrogens with one attached hydrogen (secondary N) is 1. The first-order valence-corrected chi connectivity index (χ1v) is 6.25. The Bertz CT molecular complexity index is 393. The Labute approximate surface area is 116 Å². The van der Waals surface area contributed by atoms with Gasteiger partial charge in [0.2, 0.25) is 5.91 Å². The number of benzene rings is 1. The summed E-state index contributed by atoms with van der Waals surface area (Å²) in [4.78, 5) is 11.9. The summed E-state index contributed by atoms with van der Waals surface area (Å²) in [5.74, 6) is -0.0872. The van der Waals surface area contributed by atoms with E-state index in [1.807, 2.05) is 32.0 Å². The van der Waals surface area contributed by atoms with Crippen molar-refractivity contribution in [3.8, 4) is 0 Å². The number of carbonyl (C=O) groups is 1. The highest BCUT2D eigenvalue weighted by molar-refractivity contribution is 5.96. The average molecular weight is 271 g/mol. The molecule has 1 rings (SSSR count). The second-order valence-electron chi connectivity index (χ2n) is 4.35. The Morgan fingerprint density at radius 1 is 1.39 bits per heavy atom. The lowest BCUT2D eigenvalue weighted by atomic mass is 10.0. The van der Waals surface area contributed by atoms with Crippen LogP contribution in [-0.4, -0.2) is 11.9 Å². The van der Waals surface area contributed by atoms with E-state index in [1.165, 1.54) is 0 Å². The molecular formula is C14H23ClN2O. The highest BCUT2D eigenvalue weighted by atomic mass is 35.5. The third-order valence-electron chi connectivity index (χ3n) is 2.92. The first-order chi connectivity index (χ1) is 8.10. The zero-order valence-electron chi connectivity index (χ0n) is 11.3. The number of anilines is 1. The lowest BCUT2D eigenvalue weighted by molar-refractivity contribution is -0.117. The van der Waals surface area contributed by atoms with Crippen LogP contribution in [0.3, 0.4) is 0 Å². The third kappa shape index (κ3) is 4.31. The Kier molecular flexibility index (Phi) is 7.64. The van der Waals surface area contributed by atoms with Gasteiger partial charge in [0, 0.05) is 5.69 Å². The molecule has 4 heteroatoms. The highest BCUT2D eigenvalue weighted by Gasteiger charge is 2.14. The van der Waals surface area contributed by atoms with E-state index >= 15 is 0 Å². The second kappa shape index (κ2) is 8.11. The highest BCUT2D eigenvalue weighted by Crippen LogP contribution is 2.21. The molecule has 0 aliphatic rings. The normalized spacial score (nSPS) is 11.6. The van der Waals surface area contributed by atoms with Crippen molar-refractivity contribution in [2.75, 3.05) is 5.32 Å². The van der Waals surface area contributed by atoms with E-state index < -0.39 is 6.04 Å². The topological polar surface area (TPSA) is 55.1 Å². The third-order valence-corrected chi connectivity index (χ3v) is 2.92. The van der Waals surface area contributed by atoms with Gasteiger partial charge in [-0.25, -0.2) is 0 Å². The molecule has 0 heterocycles.